The number of aliphatic hydroxyl groups is 1. The zero-order valence-corrected chi connectivity index (χ0v) is 14.0. The van der Waals surface area contributed by atoms with E-state index in [1.807, 2.05) is 13.8 Å². The van der Waals surface area contributed by atoms with Gasteiger partial charge in [-0.3, -0.25) is 14.4 Å². The summed E-state index contributed by atoms with van der Waals surface area (Å²) in [6.07, 6.45) is 0.0621. The number of hydrogen-bond acceptors (Lipinski definition) is 6. The van der Waals surface area contributed by atoms with Crippen molar-refractivity contribution in [1.29, 1.82) is 0 Å². The minimum atomic E-state index is -0.698. The Morgan fingerprint density at radius 2 is 2.08 bits per heavy atom. The number of rotatable bonds is 5. The lowest BCUT2D eigenvalue weighted by molar-refractivity contribution is -0.119. The zero-order valence-electron chi connectivity index (χ0n) is 14.0. The molecule has 1 aliphatic heterocycles. The highest BCUT2D eigenvalue weighted by Crippen LogP contribution is 2.38. The van der Waals surface area contributed by atoms with Crippen LogP contribution < -0.4 is 15.8 Å². The van der Waals surface area contributed by atoms with Crippen LogP contribution in [0.25, 0.3) is 0 Å². The van der Waals surface area contributed by atoms with Crippen molar-refractivity contribution in [3.8, 4) is 5.75 Å². The van der Waals surface area contributed by atoms with Crippen molar-refractivity contribution < 1.29 is 24.2 Å². The second-order valence-corrected chi connectivity index (χ2v) is 6.57. The second-order valence-electron chi connectivity index (χ2n) is 6.57. The van der Waals surface area contributed by atoms with Crippen LogP contribution in [0.2, 0.25) is 0 Å². The van der Waals surface area contributed by atoms with Crippen molar-refractivity contribution in [3.63, 3.8) is 0 Å². The van der Waals surface area contributed by atoms with Gasteiger partial charge in [-0.1, -0.05) is 0 Å². The fourth-order valence-electron chi connectivity index (χ4n) is 2.81. The Labute approximate surface area is 140 Å². The molecule has 0 saturated heterocycles. The van der Waals surface area contributed by atoms with Gasteiger partial charge in [0.25, 0.3) is 0 Å². The predicted octanol–water partition coefficient (Wildman–Crippen LogP) is 1.08. The van der Waals surface area contributed by atoms with E-state index in [4.69, 9.17) is 10.5 Å². The summed E-state index contributed by atoms with van der Waals surface area (Å²) in [4.78, 5) is 35.9. The summed E-state index contributed by atoms with van der Waals surface area (Å²) in [7, 11) is 0. The molecule has 0 bridgehead atoms. The Hall–Kier alpha value is -2.41. The van der Waals surface area contributed by atoms with E-state index in [9.17, 15) is 19.5 Å². The maximum Gasteiger partial charge on any atom is 0.217 e. The number of ether oxygens (including phenoxy) is 1. The molecule has 0 aromatic heterocycles. The molecule has 1 amide bonds. The Balaban J connectivity index is 2.30. The number of fused-ring (bicyclic) bond motifs is 1. The van der Waals surface area contributed by atoms with Gasteiger partial charge in [-0.15, -0.1) is 0 Å². The smallest absolute Gasteiger partial charge is 0.217 e. The van der Waals surface area contributed by atoms with Gasteiger partial charge in [0.1, 0.15) is 11.4 Å². The van der Waals surface area contributed by atoms with E-state index in [1.54, 1.807) is 6.07 Å². The van der Waals surface area contributed by atoms with Gasteiger partial charge in [-0.25, -0.2) is 0 Å². The van der Waals surface area contributed by atoms with Crippen LogP contribution in [0.3, 0.4) is 0 Å². The molecule has 0 spiro atoms. The molecular formula is C17H22N2O5. The molecule has 0 unspecified atom stereocenters. The summed E-state index contributed by atoms with van der Waals surface area (Å²) in [6.45, 7) is 4.55. The van der Waals surface area contributed by atoms with Crippen molar-refractivity contribution in [2.24, 2.45) is 0 Å². The number of carbonyl (C=O) groups excluding carboxylic acids is 3. The van der Waals surface area contributed by atoms with E-state index in [0.29, 0.717) is 5.75 Å². The fourth-order valence-corrected chi connectivity index (χ4v) is 2.81. The molecule has 1 heterocycles. The van der Waals surface area contributed by atoms with Crippen LogP contribution in [-0.2, 0) is 4.79 Å². The first-order valence-corrected chi connectivity index (χ1v) is 7.70. The summed E-state index contributed by atoms with van der Waals surface area (Å²) in [6, 6.07) is 2.37. The lowest BCUT2D eigenvalue weighted by Gasteiger charge is -2.32. The molecule has 130 valence electrons. The molecule has 1 aromatic carbocycles. The highest BCUT2D eigenvalue weighted by molar-refractivity contribution is 6.11. The van der Waals surface area contributed by atoms with Gasteiger partial charge in [0.05, 0.1) is 30.3 Å². The van der Waals surface area contributed by atoms with Crippen LogP contribution in [0.15, 0.2) is 12.1 Å². The van der Waals surface area contributed by atoms with Gasteiger partial charge in [-0.2, -0.15) is 0 Å². The molecule has 1 aromatic rings. The second kappa shape index (κ2) is 6.60. The normalized spacial score (nSPS) is 16.8. The lowest BCUT2D eigenvalue weighted by Crippen LogP contribution is -2.38. The average Bonchev–Trinajstić information content (AvgIpc) is 2.44. The molecule has 24 heavy (non-hydrogen) atoms. The molecule has 0 radical (unpaired) electrons. The topological polar surface area (TPSA) is 119 Å². The van der Waals surface area contributed by atoms with Gasteiger partial charge in [0.2, 0.25) is 5.91 Å². The van der Waals surface area contributed by atoms with Crippen molar-refractivity contribution in [2.75, 3.05) is 12.3 Å². The largest absolute Gasteiger partial charge is 0.487 e. The van der Waals surface area contributed by atoms with E-state index < -0.39 is 11.6 Å². The number of ketones is 2. The third-order valence-electron chi connectivity index (χ3n) is 3.82. The number of anilines is 1. The van der Waals surface area contributed by atoms with Crippen molar-refractivity contribution in [3.05, 3.63) is 23.3 Å². The first kappa shape index (κ1) is 17.9. The van der Waals surface area contributed by atoms with Crippen LogP contribution in [-0.4, -0.2) is 40.8 Å². The lowest BCUT2D eigenvalue weighted by atomic mass is 9.89. The number of hydrogen-bond donors (Lipinski definition) is 3. The first-order valence-electron chi connectivity index (χ1n) is 7.70. The molecule has 7 nitrogen and oxygen atoms in total. The molecule has 0 fully saturated rings. The Morgan fingerprint density at radius 1 is 1.42 bits per heavy atom. The van der Waals surface area contributed by atoms with Gasteiger partial charge in [0, 0.05) is 18.9 Å². The number of Topliss-reactive ketones (excluding diaryl/α,β-unsaturated/α-hetero) is 2. The Kier molecular flexibility index (Phi) is 4.94. The number of amides is 1. The number of nitrogens with one attached hydrogen (secondary N) is 1. The molecule has 1 atom stereocenters. The minimum absolute atomic E-state index is 0.0810. The van der Waals surface area contributed by atoms with Crippen LogP contribution >= 0.6 is 0 Å². The number of nitrogens with two attached hydrogens (primary N) is 1. The summed E-state index contributed by atoms with van der Waals surface area (Å²) in [5.74, 6) is -0.508. The van der Waals surface area contributed by atoms with Crippen LogP contribution in [0.4, 0.5) is 5.69 Å². The summed E-state index contributed by atoms with van der Waals surface area (Å²) in [5, 5.41) is 11.7. The zero-order chi connectivity index (χ0) is 18.1. The third-order valence-corrected chi connectivity index (χ3v) is 3.82. The predicted molar refractivity (Wildman–Crippen MR) is 88.1 cm³/mol. The van der Waals surface area contributed by atoms with Gasteiger partial charge < -0.3 is 20.9 Å². The molecule has 0 aliphatic carbocycles. The summed E-state index contributed by atoms with van der Waals surface area (Å²) in [5.41, 5.74) is 5.91. The summed E-state index contributed by atoms with van der Waals surface area (Å²) < 4.78 is 5.75. The quantitative estimate of drug-likeness (QED) is 0.548. The number of benzene rings is 1. The Bertz CT molecular complexity index is 696. The van der Waals surface area contributed by atoms with Crippen LogP contribution in [0, 0.1) is 0 Å². The average molecular weight is 334 g/mol. The van der Waals surface area contributed by atoms with Crippen LogP contribution in [0.5, 0.6) is 5.75 Å². The SMILES string of the molecule is CC(=O)N[C@H](CO)CC(=O)c1ccc2c(c1N)C(=O)CC(C)(C)O2. The van der Waals surface area contributed by atoms with Crippen molar-refractivity contribution in [2.45, 2.75) is 45.3 Å². The van der Waals surface area contributed by atoms with Crippen molar-refractivity contribution >= 4 is 23.2 Å². The van der Waals surface area contributed by atoms with Crippen LogP contribution in [0.1, 0.15) is 54.3 Å². The van der Waals surface area contributed by atoms with E-state index in [-0.39, 0.29) is 53.7 Å². The van der Waals surface area contributed by atoms with Gasteiger partial charge in [-0.05, 0) is 26.0 Å². The maximum atomic E-state index is 12.4. The number of aliphatic hydroxyl groups excluding tert-OH is 1. The van der Waals surface area contributed by atoms with Crippen molar-refractivity contribution in [1.82, 2.24) is 5.32 Å². The highest BCUT2D eigenvalue weighted by atomic mass is 16.5. The monoisotopic (exact) mass is 334 g/mol. The van der Waals surface area contributed by atoms with Gasteiger partial charge in [0.15, 0.2) is 11.6 Å². The van der Waals surface area contributed by atoms with E-state index in [2.05, 4.69) is 5.32 Å². The molecule has 7 heteroatoms. The fraction of sp³-hybridized carbons (Fsp3) is 0.471. The molecular weight excluding hydrogens is 312 g/mol. The van der Waals surface area contributed by atoms with E-state index >= 15 is 0 Å². The highest BCUT2D eigenvalue weighted by Gasteiger charge is 2.35. The standard InChI is InChI=1S/C17H22N2O5/c1-9(21)19-10(8-20)6-12(22)11-4-5-14-15(16(11)18)13(23)7-17(2,3)24-14/h4-5,10,20H,6-8,18H2,1-3H3,(H,19,21)/t10-/m0/s1. The van der Waals surface area contributed by atoms with E-state index in [0.717, 1.165) is 0 Å². The maximum absolute atomic E-state index is 12.4. The number of carbonyl (C=O) groups is 3. The number of nitrogen functional groups attached to an aromatic ring is 1. The third kappa shape index (κ3) is 3.73. The molecule has 2 rings (SSSR count). The summed E-state index contributed by atoms with van der Waals surface area (Å²) >= 11 is 0. The van der Waals surface area contributed by atoms with E-state index in [1.165, 1.54) is 13.0 Å². The molecule has 0 saturated carbocycles. The Morgan fingerprint density at radius 3 is 2.67 bits per heavy atom. The molecule has 4 N–H and O–H groups in total. The van der Waals surface area contributed by atoms with Gasteiger partial charge >= 0.3 is 0 Å². The molecule has 1 aliphatic rings. The first-order chi connectivity index (χ1) is 11.1. The minimum Gasteiger partial charge on any atom is -0.487 e.